The van der Waals surface area contributed by atoms with E-state index in [1.54, 1.807) is 31.3 Å². The molecule has 0 aromatic heterocycles. The lowest BCUT2D eigenvalue weighted by Gasteiger charge is -2.25. The van der Waals surface area contributed by atoms with Gasteiger partial charge in [-0.05, 0) is 23.6 Å². The number of nitrogens with one attached hydrogen (secondary N) is 2. The Balaban J connectivity index is 0.00000361. The van der Waals surface area contributed by atoms with Crippen LogP contribution >= 0.6 is 12.4 Å². The van der Waals surface area contributed by atoms with Crippen molar-refractivity contribution < 1.29 is 9.59 Å². The van der Waals surface area contributed by atoms with Crippen LogP contribution in [0.5, 0.6) is 0 Å². The van der Waals surface area contributed by atoms with Crippen LogP contribution < -0.4 is 16.4 Å². The van der Waals surface area contributed by atoms with Gasteiger partial charge in [-0.25, -0.2) is 0 Å². The second-order valence-corrected chi connectivity index (χ2v) is 5.49. The van der Waals surface area contributed by atoms with E-state index in [9.17, 15) is 9.59 Å². The van der Waals surface area contributed by atoms with E-state index in [-0.39, 0.29) is 29.6 Å². The molecule has 2 amide bonds. The highest BCUT2D eigenvalue weighted by molar-refractivity contribution is 5.98. The molecule has 1 aromatic rings. The molecule has 6 heteroatoms. The van der Waals surface area contributed by atoms with Crippen LogP contribution in [0.2, 0.25) is 0 Å². The number of anilines is 1. The molecule has 0 aliphatic heterocycles. The lowest BCUT2D eigenvalue weighted by Crippen LogP contribution is -2.45. The van der Waals surface area contributed by atoms with Crippen molar-refractivity contribution in [2.24, 2.45) is 11.1 Å². The fourth-order valence-corrected chi connectivity index (χ4v) is 1.50. The fourth-order valence-electron chi connectivity index (χ4n) is 1.50. The first kappa shape index (κ1) is 18.4. The average Bonchev–Trinajstić information content (AvgIpc) is 2.36. The van der Waals surface area contributed by atoms with E-state index >= 15 is 0 Å². The fraction of sp³-hybridized carbons (Fsp3) is 0.429. The van der Waals surface area contributed by atoms with Gasteiger partial charge in [0.2, 0.25) is 5.91 Å². The topological polar surface area (TPSA) is 84.2 Å². The van der Waals surface area contributed by atoms with Gasteiger partial charge in [0.05, 0.1) is 6.04 Å². The SMILES string of the molecule is CNC(=O)c1cccc(NC(=O)[C@@H](N)C(C)(C)C)c1.Cl. The molecule has 1 aromatic carbocycles. The van der Waals surface area contributed by atoms with Gasteiger partial charge in [0.25, 0.3) is 5.91 Å². The summed E-state index contributed by atoms with van der Waals surface area (Å²) >= 11 is 0. The summed E-state index contributed by atoms with van der Waals surface area (Å²) < 4.78 is 0. The van der Waals surface area contributed by atoms with Gasteiger partial charge in [0.1, 0.15) is 0 Å². The highest BCUT2D eigenvalue weighted by atomic mass is 35.5. The van der Waals surface area contributed by atoms with Gasteiger partial charge >= 0.3 is 0 Å². The molecule has 0 spiro atoms. The summed E-state index contributed by atoms with van der Waals surface area (Å²) in [6.07, 6.45) is 0. The van der Waals surface area contributed by atoms with Crippen LogP contribution in [0, 0.1) is 5.41 Å². The molecule has 1 rings (SSSR count). The summed E-state index contributed by atoms with van der Waals surface area (Å²) in [4.78, 5) is 23.5. The molecule has 0 heterocycles. The number of carbonyl (C=O) groups excluding carboxylic acids is 2. The summed E-state index contributed by atoms with van der Waals surface area (Å²) in [7, 11) is 1.56. The van der Waals surface area contributed by atoms with Crippen molar-refractivity contribution in [3.05, 3.63) is 29.8 Å². The number of halogens is 1. The summed E-state index contributed by atoms with van der Waals surface area (Å²) in [5.41, 5.74) is 6.61. The van der Waals surface area contributed by atoms with Crippen LogP contribution in [0.15, 0.2) is 24.3 Å². The molecule has 0 saturated carbocycles. The number of benzene rings is 1. The smallest absolute Gasteiger partial charge is 0.251 e. The predicted molar refractivity (Wildman–Crippen MR) is 83.1 cm³/mol. The van der Waals surface area contributed by atoms with Gasteiger partial charge in [-0.3, -0.25) is 9.59 Å². The largest absolute Gasteiger partial charge is 0.355 e. The third kappa shape index (κ3) is 4.83. The van der Waals surface area contributed by atoms with Gasteiger partial charge in [0.15, 0.2) is 0 Å². The van der Waals surface area contributed by atoms with Gasteiger partial charge in [-0.2, -0.15) is 0 Å². The number of amides is 2. The normalized spacial score (nSPS) is 12.1. The number of hydrogen-bond donors (Lipinski definition) is 3. The Morgan fingerprint density at radius 2 is 1.85 bits per heavy atom. The molecule has 0 radical (unpaired) electrons. The highest BCUT2D eigenvalue weighted by Crippen LogP contribution is 2.19. The summed E-state index contributed by atoms with van der Waals surface area (Å²) in [6, 6.07) is 6.11. The van der Waals surface area contributed by atoms with Crippen LogP contribution in [0.25, 0.3) is 0 Å². The van der Waals surface area contributed by atoms with Crippen molar-refractivity contribution in [1.82, 2.24) is 5.32 Å². The van der Waals surface area contributed by atoms with E-state index < -0.39 is 6.04 Å². The Morgan fingerprint density at radius 1 is 1.25 bits per heavy atom. The third-order valence-corrected chi connectivity index (χ3v) is 2.83. The molecular formula is C14H22ClN3O2. The molecule has 112 valence electrons. The maximum absolute atomic E-state index is 12.0. The number of rotatable bonds is 3. The quantitative estimate of drug-likeness (QED) is 0.795. The molecule has 4 N–H and O–H groups in total. The molecule has 5 nitrogen and oxygen atoms in total. The Bertz CT molecular complexity index is 484. The zero-order chi connectivity index (χ0) is 14.6. The molecule has 1 atom stereocenters. The van der Waals surface area contributed by atoms with E-state index in [1.165, 1.54) is 0 Å². The Morgan fingerprint density at radius 3 is 2.35 bits per heavy atom. The molecule has 20 heavy (non-hydrogen) atoms. The van der Waals surface area contributed by atoms with Gasteiger partial charge in [0, 0.05) is 18.3 Å². The highest BCUT2D eigenvalue weighted by Gasteiger charge is 2.27. The zero-order valence-corrected chi connectivity index (χ0v) is 13.0. The Hall–Kier alpha value is -1.59. The molecule has 0 saturated heterocycles. The maximum atomic E-state index is 12.0. The second kappa shape index (κ2) is 7.26. The minimum atomic E-state index is -0.615. The van der Waals surface area contributed by atoms with Crippen LogP contribution in [0.4, 0.5) is 5.69 Å². The van der Waals surface area contributed by atoms with E-state index in [0.29, 0.717) is 11.3 Å². The minimum Gasteiger partial charge on any atom is -0.355 e. The number of carbonyl (C=O) groups is 2. The molecule has 0 bridgehead atoms. The Kier molecular flexibility index (Phi) is 6.68. The first-order chi connectivity index (χ1) is 8.75. The molecule has 0 aliphatic rings. The molecule has 0 aliphatic carbocycles. The van der Waals surface area contributed by atoms with Crippen LogP contribution in [0.3, 0.4) is 0 Å². The van der Waals surface area contributed by atoms with Crippen LogP contribution in [-0.4, -0.2) is 24.9 Å². The first-order valence-corrected chi connectivity index (χ1v) is 6.14. The van der Waals surface area contributed by atoms with Gasteiger partial charge in [-0.1, -0.05) is 26.8 Å². The predicted octanol–water partition coefficient (Wildman–Crippen LogP) is 1.78. The number of hydrogen-bond acceptors (Lipinski definition) is 3. The van der Waals surface area contributed by atoms with Crippen molar-refractivity contribution in [3.8, 4) is 0 Å². The minimum absolute atomic E-state index is 0. The third-order valence-electron chi connectivity index (χ3n) is 2.83. The second-order valence-electron chi connectivity index (χ2n) is 5.49. The van der Waals surface area contributed by atoms with Gasteiger partial charge < -0.3 is 16.4 Å². The van der Waals surface area contributed by atoms with Crippen molar-refractivity contribution >= 4 is 29.9 Å². The monoisotopic (exact) mass is 299 g/mol. The van der Waals surface area contributed by atoms with Crippen molar-refractivity contribution in [3.63, 3.8) is 0 Å². The van der Waals surface area contributed by atoms with Crippen molar-refractivity contribution in [2.45, 2.75) is 26.8 Å². The summed E-state index contributed by atoms with van der Waals surface area (Å²) in [5, 5.41) is 5.26. The van der Waals surface area contributed by atoms with Crippen LogP contribution in [-0.2, 0) is 4.79 Å². The average molecular weight is 300 g/mol. The summed E-state index contributed by atoms with van der Waals surface area (Å²) in [5.74, 6) is -0.460. The maximum Gasteiger partial charge on any atom is 0.251 e. The zero-order valence-electron chi connectivity index (χ0n) is 12.2. The van der Waals surface area contributed by atoms with E-state index in [2.05, 4.69) is 10.6 Å². The lowest BCUT2D eigenvalue weighted by molar-refractivity contribution is -0.119. The van der Waals surface area contributed by atoms with E-state index in [1.807, 2.05) is 20.8 Å². The standard InChI is InChI=1S/C14H21N3O2.ClH/c1-14(2,3)11(15)13(19)17-10-7-5-6-9(8-10)12(18)16-4;/h5-8,11H,15H2,1-4H3,(H,16,18)(H,17,19);1H/t11-;/m1./s1. The van der Waals surface area contributed by atoms with Gasteiger partial charge in [-0.15, -0.1) is 12.4 Å². The first-order valence-electron chi connectivity index (χ1n) is 6.14. The summed E-state index contributed by atoms with van der Waals surface area (Å²) in [6.45, 7) is 5.70. The van der Waals surface area contributed by atoms with E-state index in [0.717, 1.165) is 0 Å². The molecular weight excluding hydrogens is 278 g/mol. The Labute approximate surface area is 125 Å². The van der Waals surface area contributed by atoms with Crippen LogP contribution in [0.1, 0.15) is 31.1 Å². The van der Waals surface area contributed by atoms with Crippen molar-refractivity contribution in [1.29, 1.82) is 0 Å². The molecule has 0 fully saturated rings. The van der Waals surface area contributed by atoms with Crippen molar-refractivity contribution in [2.75, 3.05) is 12.4 Å². The van der Waals surface area contributed by atoms with E-state index in [4.69, 9.17) is 5.73 Å². The number of nitrogens with two attached hydrogens (primary N) is 1. The molecule has 0 unspecified atom stereocenters. The lowest BCUT2D eigenvalue weighted by atomic mass is 9.87.